The largest absolute Gasteiger partial charge is 0.489 e. The van der Waals surface area contributed by atoms with Crippen molar-refractivity contribution in [1.82, 2.24) is 9.80 Å². The Labute approximate surface area is 197 Å². The first kappa shape index (κ1) is 22.8. The van der Waals surface area contributed by atoms with E-state index in [1.54, 1.807) is 12.1 Å². The van der Waals surface area contributed by atoms with Crippen LogP contribution in [0, 0.1) is 19.7 Å². The predicted molar refractivity (Wildman–Crippen MR) is 127 cm³/mol. The monoisotopic (exact) mass is 472 g/mol. The summed E-state index contributed by atoms with van der Waals surface area (Å²) in [6, 6.07) is 12.7. The minimum atomic E-state index is -0.287. The number of rotatable bonds is 6. The molecule has 2 aromatic carbocycles. The Morgan fingerprint density at radius 3 is 2.62 bits per heavy atom. The Bertz CT molecular complexity index is 1090. The SMILES string of the molecule is Cc1cccc(OCc2csc(C(=O)N3CCN(Cc4c(F)cccc4Cl)CC3)c2)c1C. The van der Waals surface area contributed by atoms with Crippen molar-refractivity contribution in [3.63, 3.8) is 0 Å². The van der Waals surface area contributed by atoms with Crippen LogP contribution < -0.4 is 4.74 Å². The summed E-state index contributed by atoms with van der Waals surface area (Å²) in [5.41, 5.74) is 3.83. The molecule has 0 saturated carbocycles. The lowest BCUT2D eigenvalue weighted by molar-refractivity contribution is 0.0631. The molecule has 0 N–H and O–H groups in total. The lowest BCUT2D eigenvalue weighted by Gasteiger charge is -2.34. The van der Waals surface area contributed by atoms with Gasteiger partial charge in [-0.2, -0.15) is 0 Å². The van der Waals surface area contributed by atoms with E-state index >= 15 is 0 Å². The fourth-order valence-corrected chi connectivity index (χ4v) is 4.86. The average molecular weight is 473 g/mol. The molecule has 7 heteroatoms. The number of halogens is 2. The minimum Gasteiger partial charge on any atom is -0.489 e. The van der Waals surface area contributed by atoms with E-state index in [1.807, 2.05) is 35.4 Å². The van der Waals surface area contributed by atoms with E-state index < -0.39 is 0 Å². The van der Waals surface area contributed by atoms with E-state index in [9.17, 15) is 9.18 Å². The first-order valence-electron chi connectivity index (χ1n) is 10.6. The second kappa shape index (κ2) is 10.0. The number of thiophene rings is 1. The van der Waals surface area contributed by atoms with Gasteiger partial charge in [-0.3, -0.25) is 9.69 Å². The topological polar surface area (TPSA) is 32.8 Å². The highest BCUT2D eigenvalue weighted by Crippen LogP contribution is 2.25. The summed E-state index contributed by atoms with van der Waals surface area (Å²) in [7, 11) is 0. The number of benzene rings is 2. The molecule has 4 nitrogen and oxygen atoms in total. The Morgan fingerprint density at radius 1 is 1.12 bits per heavy atom. The summed E-state index contributed by atoms with van der Waals surface area (Å²) in [4.78, 5) is 17.7. The van der Waals surface area contributed by atoms with Crippen LogP contribution in [0.1, 0.15) is 31.9 Å². The number of piperazine rings is 1. The van der Waals surface area contributed by atoms with Gasteiger partial charge in [-0.05, 0) is 54.6 Å². The van der Waals surface area contributed by atoms with Crippen LogP contribution in [0.2, 0.25) is 5.02 Å². The van der Waals surface area contributed by atoms with E-state index in [0.29, 0.717) is 49.9 Å². The zero-order chi connectivity index (χ0) is 22.7. The van der Waals surface area contributed by atoms with Crippen LogP contribution in [-0.2, 0) is 13.2 Å². The van der Waals surface area contributed by atoms with Gasteiger partial charge in [0, 0.05) is 48.9 Å². The minimum absolute atomic E-state index is 0.0385. The van der Waals surface area contributed by atoms with Crippen LogP contribution in [0.15, 0.2) is 47.8 Å². The van der Waals surface area contributed by atoms with Gasteiger partial charge < -0.3 is 9.64 Å². The number of hydrogen-bond acceptors (Lipinski definition) is 4. The summed E-state index contributed by atoms with van der Waals surface area (Å²) in [5, 5.41) is 2.42. The number of hydrogen-bond donors (Lipinski definition) is 0. The van der Waals surface area contributed by atoms with E-state index in [4.69, 9.17) is 16.3 Å². The fourth-order valence-electron chi connectivity index (χ4n) is 3.78. The molecular formula is C25H26ClFN2O2S. The van der Waals surface area contributed by atoms with Gasteiger partial charge in [-0.15, -0.1) is 11.3 Å². The molecule has 1 aliphatic heterocycles. The van der Waals surface area contributed by atoms with Crippen molar-refractivity contribution in [2.45, 2.75) is 27.0 Å². The van der Waals surface area contributed by atoms with Crippen LogP contribution in [0.4, 0.5) is 4.39 Å². The molecule has 1 amide bonds. The van der Waals surface area contributed by atoms with Gasteiger partial charge in [0.1, 0.15) is 18.2 Å². The van der Waals surface area contributed by atoms with Crippen molar-refractivity contribution in [1.29, 1.82) is 0 Å². The van der Waals surface area contributed by atoms with Crippen molar-refractivity contribution in [3.8, 4) is 5.75 Å². The lowest BCUT2D eigenvalue weighted by atomic mass is 10.1. The first-order valence-corrected chi connectivity index (χ1v) is 11.9. The molecule has 1 fully saturated rings. The van der Waals surface area contributed by atoms with Gasteiger partial charge in [0.05, 0.1) is 4.88 Å². The Hall–Kier alpha value is -2.41. The molecule has 4 rings (SSSR count). The third kappa shape index (κ3) is 5.14. The molecular weight excluding hydrogens is 447 g/mol. The highest BCUT2D eigenvalue weighted by atomic mass is 35.5. The summed E-state index contributed by atoms with van der Waals surface area (Å²) < 4.78 is 20.0. The van der Waals surface area contributed by atoms with Gasteiger partial charge in [-0.1, -0.05) is 29.8 Å². The predicted octanol–water partition coefficient (Wildman–Crippen LogP) is 5.69. The molecule has 0 aliphatic carbocycles. The standard InChI is InChI=1S/C25H26ClFN2O2S/c1-17-5-3-8-23(18(17)2)31-15-19-13-24(32-16-19)25(30)29-11-9-28(10-12-29)14-20-21(26)6-4-7-22(20)27/h3-8,13,16H,9-12,14-15H2,1-2H3. The van der Waals surface area contributed by atoms with Crippen molar-refractivity contribution in [2.24, 2.45) is 0 Å². The van der Waals surface area contributed by atoms with Crippen LogP contribution in [0.5, 0.6) is 5.75 Å². The zero-order valence-electron chi connectivity index (χ0n) is 18.2. The van der Waals surface area contributed by atoms with Gasteiger partial charge in [0.15, 0.2) is 0 Å². The van der Waals surface area contributed by atoms with E-state index in [-0.39, 0.29) is 11.7 Å². The smallest absolute Gasteiger partial charge is 0.264 e. The van der Waals surface area contributed by atoms with Crippen molar-refractivity contribution < 1.29 is 13.9 Å². The number of aryl methyl sites for hydroxylation is 1. The summed E-state index contributed by atoms with van der Waals surface area (Å²) in [5.74, 6) is 0.622. The van der Waals surface area contributed by atoms with Gasteiger partial charge in [0.25, 0.3) is 5.91 Å². The maximum absolute atomic E-state index is 14.1. The van der Waals surface area contributed by atoms with Crippen molar-refractivity contribution >= 4 is 28.8 Å². The highest BCUT2D eigenvalue weighted by molar-refractivity contribution is 7.12. The van der Waals surface area contributed by atoms with Crippen LogP contribution >= 0.6 is 22.9 Å². The Kier molecular flexibility index (Phi) is 7.13. The first-order chi connectivity index (χ1) is 15.4. The second-order valence-electron chi connectivity index (χ2n) is 8.07. The zero-order valence-corrected chi connectivity index (χ0v) is 19.8. The molecule has 0 spiro atoms. The summed E-state index contributed by atoms with van der Waals surface area (Å²) >= 11 is 7.60. The second-order valence-corrected chi connectivity index (χ2v) is 9.39. The molecule has 32 heavy (non-hydrogen) atoms. The molecule has 1 aromatic heterocycles. The van der Waals surface area contributed by atoms with E-state index in [1.165, 1.54) is 23.0 Å². The highest BCUT2D eigenvalue weighted by Gasteiger charge is 2.24. The molecule has 2 heterocycles. The van der Waals surface area contributed by atoms with E-state index in [2.05, 4.69) is 17.9 Å². The molecule has 0 atom stereocenters. The van der Waals surface area contributed by atoms with Crippen LogP contribution in [0.25, 0.3) is 0 Å². The maximum atomic E-state index is 14.1. The quantitative estimate of drug-likeness (QED) is 0.461. The third-order valence-corrected chi connectivity index (χ3v) is 7.24. The molecule has 1 aliphatic rings. The number of amides is 1. The van der Waals surface area contributed by atoms with Gasteiger partial charge in [0.2, 0.25) is 0 Å². The molecule has 0 radical (unpaired) electrons. The van der Waals surface area contributed by atoms with Gasteiger partial charge >= 0.3 is 0 Å². The van der Waals surface area contributed by atoms with E-state index in [0.717, 1.165) is 21.8 Å². The van der Waals surface area contributed by atoms with Crippen molar-refractivity contribution in [2.75, 3.05) is 26.2 Å². The average Bonchev–Trinajstić information content (AvgIpc) is 3.26. The van der Waals surface area contributed by atoms with Gasteiger partial charge in [-0.25, -0.2) is 4.39 Å². The lowest BCUT2D eigenvalue weighted by Crippen LogP contribution is -2.48. The molecule has 168 valence electrons. The number of carbonyl (C=O) groups is 1. The molecule has 1 saturated heterocycles. The fraction of sp³-hybridized carbons (Fsp3) is 0.320. The maximum Gasteiger partial charge on any atom is 0.264 e. The number of carbonyl (C=O) groups excluding carboxylic acids is 1. The Morgan fingerprint density at radius 2 is 1.88 bits per heavy atom. The molecule has 0 unspecified atom stereocenters. The molecule has 0 bridgehead atoms. The third-order valence-electron chi connectivity index (χ3n) is 5.92. The Balaban J connectivity index is 1.31. The van der Waals surface area contributed by atoms with Crippen LogP contribution in [-0.4, -0.2) is 41.9 Å². The van der Waals surface area contributed by atoms with Crippen LogP contribution in [0.3, 0.4) is 0 Å². The number of ether oxygens (including phenoxy) is 1. The summed E-state index contributed by atoms with van der Waals surface area (Å²) in [6.07, 6.45) is 0. The summed E-state index contributed by atoms with van der Waals surface area (Å²) in [6.45, 7) is 7.59. The normalized spacial score (nSPS) is 14.6. The number of nitrogens with zero attached hydrogens (tertiary/aromatic N) is 2. The molecule has 3 aromatic rings. The van der Waals surface area contributed by atoms with Crippen molar-refractivity contribution in [3.05, 3.63) is 85.8 Å².